The van der Waals surface area contributed by atoms with Crippen molar-refractivity contribution in [3.05, 3.63) is 53.2 Å². The molecular weight excluding hydrogens is 387 g/mol. The summed E-state index contributed by atoms with van der Waals surface area (Å²) in [7, 11) is 2.96. The van der Waals surface area contributed by atoms with Gasteiger partial charge in [-0.1, -0.05) is 11.6 Å². The number of hydrogen-bond acceptors (Lipinski definition) is 7. The monoisotopic (exact) mass is 404 g/mol. The van der Waals surface area contributed by atoms with Gasteiger partial charge in [0.25, 0.3) is 0 Å². The highest BCUT2D eigenvalue weighted by atomic mass is 35.5. The van der Waals surface area contributed by atoms with Crippen LogP contribution >= 0.6 is 11.6 Å². The summed E-state index contributed by atoms with van der Waals surface area (Å²) >= 11 is 6.12. The number of nitrogens with zero attached hydrogens (tertiary/aromatic N) is 3. The molecule has 0 fully saturated rings. The van der Waals surface area contributed by atoms with Gasteiger partial charge >= 0.3 is 6.01 Å². The maximum atomic E-state index is 13.9. The van der Waals surface area contributed by atoms with Crippen LogP contribution in [0.2, 0.25) is 5.02 Å². The van der Waals surface area contributed by atoms with Crippen molar-refractivity contribution in [2.24, 2.45) is 0 Å². The maximum absolute atomic E-state index is 13.9. The van der Waals surface area contributed by atoms with E-state index in [2.05, 4.69) is 15.0 Å². The summed E-state index contributed by atoms with van der Waals surface area (Å²) in [4.78, 5) is 12.3. The fourth-order valence-corrected chi connectivity index (χ4v) is 2.94. The van der Waals surface area contributed by atoms with Crippen LogP contribution in [0.1, 0.15) is 18.6 Å². The summed E-state index contributed by atoms with van der Waals surface area (Å²) in [5.74, 6) is 0.327. The zero-order valence-corrected chi connectivity index (χ0v) is 16.2. The van der Waals surface area contributed by atoms with Crippen molar-refractivity contribution >= 4 is 17.4 Å². The average molecular weight is 405 g/mol. The fraction of sp³-hybridized carbons (Fsp3) is 0.211. The normalized spacial score (nSPS) is 11.8. The van der Waals surface area contributed by atoms with Gasteiger partial charge < -0.3 is 19.9 Å². The van der Waals surface area contributed by atoms with Crippen LogP contribution in [-0.2, 0) is 0 Å². The minimum absolute atomic E-state index is 0.0712. The topological polar surface area (TPSA) is 92.4 Å². The van der Waals surface area contributed by atoms with E-state index < -0.39 is 11.9 Å². The second-order valence-electron chi connectivity index (χ2n) is 5.80. The lowest BCUT2D eigenvalue weighted by atomic mass is 10.1. The molecule has 0 saturated heterocycles. The Labute approximate surface area is 166 Å². The number of aromatic nitrogens is 3. The van der Waals surface area contributed by atoms with E-state index in [1.54, 1.807) is 31.6 Å². The third kappa shape index (κ3) is 3.91. The molecule has 3 aromatic rings. The predicted molar refractivity (Wildman–Crippen MR) is 103 cm³/mol. The van der Waals surface area contributed by atoms with Gasteiger partial charge in [0.15, 0.2) is 11.6 Å². The number of anilines is 1. The second-order valence-corrected chi connectivity index (χ2v) is 6.18. The summed E-state index contributed by atoms with van der Waals surface area (Å²) in [5.41, 5.74) is 7.72. The van der Waals surface area contributed by atoms with Crippen molar-refractivity contribution in [1.82, 2.24) is 15.0 Å². The smallest absolute Gasteiger partial charge is 0.316 e. The van der Waals surface area contributed by atoms with E-state index in [9.17, 15) is 4.39 Å². The van der Waals surface area contributed by atoms with Crippen LogP contribution < -0.4 is 19.9 Å². The zero-order valence-electron chi connectivity index (χ0n) is 15.4. The number of methoxy groups -OCH3 is 2. The van der Waals surface area contributed by atoms with Gasteiger partial charge in [0.1, 0.15) is 17.7 Å². The number of hydrogen-bond donors (Lipinski definition) is 1. The fourth-order valence-electron chi connectivity index (χ4n) is 2.63. The molecule has 2 heterocycles. The zero-order chi connectivity index (χ0) is 20.3. The van der Waals surface area contributed by atoms with Gasteiger partial charge in [0.05, 0.1) is 24.8 Å². The lowest BCUT2D eigenvalue weighted by molar-refractivity contribution is 0.221. The van der Waals surface area contributed by atoms with Crippen molar-refractivity contribution in [1.29, 1.82) is 0 Å². The summed E-state index contributed by atoms with van der Waals surface area (Å²) in [5, 5.41) is -0.0712. The number of ether oxygens (including phenoxy) is 3. The molecule has 0 radical (unpaired) electrons. The standard InChI is InChI=1S/C19H18ClFN4O3/c1-10(16-14(26-2)5-4-13(21)17(16)20)28-15-6-11(7-23-18(15)22)12-8-24-19(27-3)25-9-12/h4-10H,1-3H3,(H2,22,23). The van der Waals surface area contributed by atoms with E-state index in [0.717, 1.165) is 0 Å². The minimum atomic E-state index is -0.649. The average Bonchev–Trinajstić information content (AvgIpc) is 2.71. The lowest BCUT2D eigenvalue weighted by Gasteiger charge is -2.20. The van der Waals surface area contributed by atoms with Crippen LogP contribution in [0, 0.1) is 5.82 Å². The van der Waals surface area contributed by atoms with Crippen molar-refractivity contribution in [3.8, 4) is 28.6 Å². The highest BCUT2D eigenvalue weighted by Crippen LogP contribution is 2.38. The highest BCUT2D eigenvalue weighted by molar-refractivity contribution is 6.31. The summed E-state index contributed by atoms with van der Waals surface area (Å²) in [6.07, 6.45) is 4.12. The van der Waals surface area contributed by atoms with Crippen LogP contribution in [-0.4, -0.2) is 29.2 Å². The van der Waals surface area contributed by atoms with Gasteiger partial charge in [-0.05, 0) is 25.1 Å². The molecule has 0 aliphatic heterocycles. The first-order valence-corrected chi connectivity index (χ1v) is 8.62. The van der Waals surface area contributed by atoms with Gasteiger partial charge in [-0.25, -0.2) is 19.3 Å². The molecule has 0 saturated carbocycles. The van der Waals surface area contributed by atoms with Gasteiger partial charge in [0.2, 0.25) is 0 Å². The number of benzene rings is 1. The molecular formula is C19H18ClFN4O3. The SMILES string of the molecule is COc1ncc(-c2cnc(N)c(OC(C)c3c(OC)ccc(F)c3Cl)c2)cn1. The van der Waals surface area contributed by atoms with Crippen LogP contribution in [0.15, 0.2) is 36.8 Å². The van der Waals surface area contributed by atoms with Gasteiger partial charge in [-0.15, -0.1) is 0 Å². The van der Waals surface area contributed by atoms with Crippen molar-refractivity contribution in [2.75, 3.05) is 20.0 Å². The first kappa shape index (κ1) is 19.6. The third-order valence-corrected chi connectivity index (χ3v) is 4.43. The molecule has 0 aliphatic rings. The van der Waals surface area contributed by atoms with E-state index in [4.69, 9.17) is 31.5 Å². The van der Waals surface area contributed by atoms with E-state index in [1.165, 1.54) is 26.4 Å². The van der Waals surface area contributed by atoms with E-state index in [1.807, 2.05) is 0 Å². The maximum Gasteiger partial charge on any atom is 0.316 e. The molecule has 9 heteroatoms. The first-order chi connectivity index (χ1) is 13.4. The molecule has 2 N–H and O–H groups in total. The molecule has 28 heavy (non-hydrogen) atoms. The molecule has 3 rings (SSSR count). The first-order valence-electron chi connectivity index (χ1n) is 8.25. The quantitative estimate of drug-likeness (QED) is 0.661. The van der Waals surface area contributed by atoms with Gasteiger partial charge in [-0.3, -0.25) is 0 Å². The Hall–Kier alpha value is -3.13. The van der Waals surface area contributed by atoms with E-state index >= 15 is 0 Å². The molecule has 1 aromatic carbocycles. The van der Waals surface area contributed by atoms with Crippen molar-refractivity contribution in [3.63, 3.8) is 0 Å². The summed E-state index contributed by atoms with van der Waals surface area (Å²) < 4.78 is 30.1. The van der Waals surface area contributed by atoms with Crippen LogP contribution in [0.3, 0.4) is 0 Å². The molecule has 7 nitrogen and oxygen atoms in total. The molecule has 0 aliphatic carbocycles. The Bertz CT molecular complexity index is 986. The Morgan fingerprint density at radius 2 is 1.68 bits per heavy atom. The van der Waals surface area contributed by atoms with Crippen molar-refractivity contribution in [2.45, 2.75) is 13.0 Å². The van der Waals surface area contributed by atoms with Crippen molar-refractivity contribution < 1.29 is 18.6 Å². The lowest BCUT2D eigenvalue weighted by Crippen LogP contribution is -2.09. The van der Waals surface area contributed by atoms with E-state index in [-0.39, 0.29) is 16.9 Å². The molecule has 146 valence electrons. The molecule has 1 atom stereocenters. The Balaban J connectivity index is 1.93. The number of halogens is 2. The number of nitrogen functional groups attached to an aromatic ring is 1. The second kappa shape index (κ2) is 8.26. The highest BCUT2D eigenvalue weighted by Gasteiger charge is 2.21. The third-order valence-electron chi connectivity index (χ3n) is 4.05. The number of rotatable bonds is 6. The number of pyridine rings is 1. The number of nitrogens with two attached hydrogens (primary N) is 1. The van der Waals surface area contributed by atoms with Crippen LogP contribution in [0.25, 0.3) is 11.1 Å². The molecule has 2 aromatic heterocycles. The Kier molecular flexibility index (Phi) is 5.79. The Morgan fingerprint density at radius 1 is 1.00 bits per heavy atom. The Morgan fingerprint density at radius 3 is 2.32 bits per heavy atom. The molecule has 1 unspecified atom stereocenters. The largest absolute Gasteiger partial charge is 0.496 e. The minimum Gasteiger partial charge on any atom is -0.496 e. The molecule has 0 spiro atoms. The van der Waals surface area contributed by atoms with E-state index in [0.29, 0.717) is 28.2 Å². The molecule has 0 bridgehead atoms. The van der Waals surface area contributed by atoms with Gasteiger partial charge in [-0.2, -0.15) is 0 Å². The van der Waals surface area contributed by atoms with Crippen LogP contribution in [0.5, 0.6) is 17.5 Å². The van der Waals surface area contributed by atoms with Crippen LogP contribution in [0.4, 0.5) is 10.2 Å². The summed E-state index contributed by atoms with van der Waals surface area (Å²) in [6, 6.07) is 4.68. The predicted octanol–water partition coefficient (Wildman–Crippen LogP) is 4.07. The van der Waals surface area contributed by atoms with Gasteiger partial charge in [0, 0.05) is 29.7 Å². The molecule has 0 amide bonds. The summed E-state index contributed by atoms with van der Waals surface area (Å²) in [6.45, 7) is 1.71.